The zero-order chi connectivity index (χ0) is 22.8. The molecule has 1 aliphatic carbocycles. The molecule has 2 unspecified atom stereocenters. The van der Waals surface area contributed by atoms with E-state index in [9.17, 15) is 4.79 Å². The van der Waals surface area contributed by atoms with Crippen molar-refractivity contribution in [3.63, 3.8) is 0 Å². The van der Waals surface area contributed by atoms with E-state index in [1.54, 1.807) is 0 Å². The van der Waals surface area contributed by atoms with Gasteiger partial charge in [-0.05, 0) is 67.5 Å². The number of aromatic amines is 1. The van der Waals surface area contributed by atoms with Gasteiger partial charge in [-0.2, -0.15) is 0 Å². The first kappa shape index (κ1) is 22.1. The van der Waals surface area contributed by atoms with Crippen LogP contribution in [0.5, 0.6) is 0 Å². The van der Waals surface area contributed by atoms with Crippen molar-refractivity contribution in [3.8, 4) is 0 Å². The third-order valence-corrected chi connectivity index (χ3v) is 7.47. The van der Waals surface area contributed by atoms with Crippen molar-refractivity contribution in [2.24, 2.45) is 11.8 Å². The van der Waals surface area contributed by atoms with E-state index in [0.29, 0.717) is 23.4 Å². The number of hydrogen-bond donors (Lipinski definition) is 3. The van der Waals surface area contributed by atoms with Gasteiger partial charge in [0, 0.05) is 31.2 Å². The zero-order valence-corrected chi connectivity index (χ0v) is 19.9. The highest BCUT2D eigenvalue weighted by molar-refractivity contribution is 6.33. The van der Waals surface area contributed by atoms with Gasteiger partial charge in [-0.25, -0.2) is 4.98 Å². The first-order valence-electron chi connectivity index (χ1n) is 12.1. The molecule has 2 fully saturated rings. The third-order valence-electron chi connectivity index (χ3n) is 7.14. The molecule has 33 heavy (non-hydrogen) atoms. The number of fused-ring (bicyclic) bond motifs is 1. The lowest BCUT2D eigenvalue weighted by atomic mass is 9.80. The van der Waals surface area contributed by atoms with Gasteiger partial charge in [-0.3, -0.25) is 4.79 Å². The van der Waals surface area contributed by atoms with Crippen LogP contribution in [0.1, 0.15) is 51.0 Å². The predicted molar refractivity (Wildman–Crippen MR) is 135 cm³/mol. The molecular weight excluding hydrogens is 434 g/mol. The Morgan fingerprint density at radius 3 is 2.76 bits per heavy atom. The molecule has 7 heteroatoms. The van der Waals surface area contributed by atoms with Gasteiger partial charge in [0.1, 0.15) is 0 Å². The monoisotopic (exact) mass is 465 g/mol. The van der Waals surface area contributed by atoms with Gasteiger partial charge >= 0.3 is 0 Å². The Balaban J connectivity index is 1.27. The summed E-state index contributed by atoms with van der Waals surface area (Å²) in [6.45, 7) is 4.90. The summed E-state index contributed by atoms with van der Waals surface area (Å²) >= 11 is 6.46. The number of halogens is 1. The Morgan fingerprint density at radius 1 is 1.12 bits per heavy atom. The van der Waals surface area contributed by atoms with E-state index in [1.165, 1.54) is 24.9 Å². The minimum absolute atomic E-state index is 0.129. The lowest BCUT2D eigenvalue weighted by Gasteiger charge is -2.27. The minimum Gasteiger partial charge on any atom is -0.371 e. The van der Waals surface area contributed by atoms with Crippen LogP contribution in [0.2, 0.25) is 5.02 Å². The zero-order valence-electron chi connectivity index (χ0n) is 19.2. The number of carbonyl (C=O) groups is 1. The average Bonchev–Trinajstić information content (AvgIpc) is 3.49. The van der Waals surface area contributed by atoms with Gasteiger partial charge in [0.25, 0.3) is 0 Å². The molecule has 3 N–H and O–H groups in total. The number of rotatable bonds is 6. The summed E-state index contributed by atoms with van der Waals surface area (Å²) in [5.74, 6) is 1.41. The van der Waals surface area contributed by atoms with Crippen LogP contribution in [-0.2, 0) is 11.3 Å². The van der Waals surface area contributed by atoms with Crippen LogP contribution in [0, 0.1) is 11.8 Å². The Kier molecular flexibility index (Phi) is 6.45. The molecule has 2 heterocycles. The minimum atomic E-state index is 0.129. The number of amides is 1. The van der Waals surface area contributed by atoms with Crippen LogP contribution >= 0.6 is 11.6 Å². The van der Waals surface area contributed by atoms with Crippen LogP contribution in [0.3, 0.4) is 0 Å². The number of imidazole rings is 1. The van der Waals surface area contributed by atoms with E-state index in [4.69, 9.17) is 16.6 Å². The summed E-state index contributed by atoms with van der Waals surface area (Å²) in [6.07, 6.45) is 7.02. The Hall–Kier alpha value is -2.73. The molecule has 1 saturated heterocycles. The fourth-order valence-electron chi connectivity index (χ4n) is 5.16. The first-order valence-corrected chi connectivity index (χ1v) is 12.5. The molecule has 1 amide bonds. The molecule has 0 radical (unpaired) electrons. The molecule has 0 bridgehead atoms. The second kappa shape index (κ2) is 9.64. The van der Waals surface area contributed by atoms with Gasteiger partial charge in [0.2, 0.25) is 11.9 Å². The van der Waals surface area contributed by atoms with Crippen molar-refractivity contribution < 1.29 is 4.79 Å². The first-order chi connectivity index (χ1) is 16.1. The van der Waals surface area contributed by atoms with Crippen molar-refractivity contribution >= 4 is 45.9 Å². The number of aromatic nitrogens is 2. The highest BCUT2D eigenvalue weighted by atomic mass is 35.5. The van der Waals surface area contributed by atoms with E-state index < -0.39 is 0 Å². The number of hydrogen-bond acceptors (Lipinski definition) is 4. The Morgan fingerprint density at radius 2 is 1.94 bits per heavy atom. The number of nitrogens with one attached hydrogen (secondary N) is 3. The highest BCUT2D eigenvalue weighted by Gasteiger charge is 2.27. The van der Waals surface area contributed by atoms with Crippen LogP contribution in [0.4, 0.5) is 17.3 Å². The average molecular weight is 466 g/mol. The van der Waals surface area contributed by atoms with Crippen LogP contribution in [-0.4, -0.2) is 29.0 Å². The van der Waals surface area contributed by atoms with Gasteiger partial charge in [0.05, 0.1) is 21.7 Å². The summed E-state index contributed by atoms with van der Waals surface area (Å²) in [5.41, 5.74) is 4.92. The maximum Gasteiger partial charge on any atom is 0.223 e. The Labute approximate surface area is 200 Å². The van der Waals surface area contributed by atoms with E-state index in [0.717, 1.165) is 54.6 Å². The van der Waals surface area contributed by atoms with Crippen molar-refractivity contribution in [3.05, 3.63) is 47.0 Å². The molecule has 174 valence electrons. The molecular formula is C26H32ClN5O. The summed E-state index contributed by atoms with van der Waals surface area (Å²) in [5, 5.41) is 7.07. The van der Waals surface area contributed by atoms with E-state index in [-0.39, 0.29) is 11.8 Å². The lowest BCUT2D eigenvalue weighted by molar-refractivity contribution is -0.127. The molecule has 0 spiro atoms. The smallest absolute Gasteiger partial charge is 0.223 e. The summed E-state index contributed by atoms with van der Waals surface area (Å²) < 4.78 is 0. The molecule has 1 aliphatic heterocycles. The van der Waals surface area contributed by atoms with E-state index in [1.807, 2.05) is 18.2 Å². The number of nitrogens with zero attached hydrogens (tertiary/aromatic N) is 2. The van der Waals surface area contributed by atoms with Gasteiger partial charge in [-0.1, -0.05) is 37.4 Å². The maximum absolute atomic E-state index is 12.7. The number of H-pyrrole nitrogens is 1. The van der Waals surface area contributed by atoms with Crippen LogP contribution in [0.15, 0.2) is 36.4 Å². The van der Waals surface area contributed by atoms with Gasteiger partial charge < -0.3 is 20.5 Å². The quantitative estimate of drug-likeness (QED) is 0.417. The summed E-state index contributed by atoms with van der Waals surface area (Å²) in [6, 6.07) is 12.2. The summed E-state index contributed by atoms with van der Waals surface area (Å²) in [4.78, 5) is 23.2. The third kappa shape index (κ3) is 4.96. The van der Waals surface area contributed by atoms with Crippen molar-refractivity contribution in [2.75, 3.05) is 23.3 Å². The fraction of sp³-hybridized carbons (Fsp3) is 0.462. The molecule has 6 nitrogen and oxygen atoms in total. The lowest BCUT2D eigenvalue weighted by Crippen LogP contribution is -2.35. The predicted octanol–water partition coefficient (Wildman–Crippen LogP) is 6.00. The molecule has 1 saturated carbocycles. The number of anilines is 3. The van der Waals surface area contributed by atoms with Crippen LogP contribution < -0.4 is 15.5 Å². The fourth-order valence-corrected chi connectivity index (χ4v) is 5.32. The SMILES string of the molecule is CC1CCCCC1C(=O)NCc1ccc(Cl)c(Nc2nc3cc(N4CCCC4)ccc3[nH]2)c1. The van der Waals surface area contributed by atoms with Crippen molar-refractivity contribution in [1.82, 2.24) is 15.3 Å². The van der Waals surface area contributed by atoms with Gasteiger partial charge in [0.15, 0.2) is 0 Å². The maximum atomic E-state index is 12.7. The number of benzene rings is 2. The molecule has 5 rings (SSSR count). The second-order valence-electron chi connectivity index (χ2n) is 9.51. The largest absolute Gasteiger partial charge is 0.371 e. The van der Waals surface area contributed by atoms with E-state index in [2.05, 4.69) is 45.6 Å². The summed E-state index contributed by atoms with van der Waals surface area (Å²) in [7, 11) is 0. The van der Waals surface area contributed by atoms with Crippen molar-refractivity contribution in [2.45, 2.75) is 52.0 Å². The highest BCUT2D eigenvalue weighted by Crippen LogP contribution is 2.31. The second-order valence-corrected chi connectivity index (χ2v) is 9.91. The normalized spacial score (nSPS) is 20.8. The van der Waals surface area contributed by atoms with Gasteiger partial charge in [-0.15, -0.1) is 0 Å². The molecule has 2 aromatic carbocycles. The molecule has 2 atom stereocenters. The molecule has 3 aromatic rings. The topological polar surface area (TPSA) is 73.1 Å². The Bertz CT molecular complexity index is 1140. The van der Waals surface area contributed by atoms with E-state index >= 15 is 0 Å². The van der Waals surface area contributed by atoms with Crippen LogP contribution in [0.25, 0.3) is 11.0 Å². The molecule has 2 aliphatic rings. The standard InChI is InChI=1S/C26H32ClN5O/c1-17-6-2-3-7-20(17)25(33)28-16-18-8-10-21(27)23(14-18)30-26-29-22-11-9-19(15-24(22)31-26)32-12-4-5-13-32/h8-11,14-15,17,20H,2-7,12-13,16H2,1H3,(H,28,33)(H2,29,30,31). The van der Waals surface area contributed by atoms with Crippen molar-refractivity contribution in [1.29, 1.82) is 0 Å². The molecule has 1 aromatic heterocycles. The number of carbonyl (C=O) groups excluding carboxylic acids is 1.